The first-order chi connectivity index (χ1) is 8.15. The highest BCUT2D eigenvalue weighted by molar-refractivity contribution is 4.93. The molecule has 1 aliphatic carbocycles. The van der Waals surface area contributed by atoms with E-state index in [2.05, 4.69) is 36.3 Å². The van der Waals surface area contributed by atoms with Crippen molar-refractivity contribution in [1.29, 1.82) is 0 Å². The van der Waals surface area contributed by atoms with Gasteiger partial charge in [0.1, 0.15) is 0 Å². The quantitative estimate of drug-likeness (QED) is 0.782. The predicted octanol–water partition coefficient (Wildman–Crippen LogP) is 1.40. The Morgan fingerprint density at radius 1 is 1.06 bits per heavy atom. The van der Waals surface area contributed by atoms with Crippen molar-refractivity contribution < 1.29 is 0 Å². The molecule has 0 radical (unpaired) electrons. The van der Waals surface area contributed by atoms with Gasteiger partial charge in [-0.3, -0.25) is 0 Å². The van der Waals surface area contributed by atoms with Crippen LogP contribution in [0.2, 0.25) is 0 Å². The Labute approximate surface area is 107 Å². The zero-order valence-electron chi connectivity index (χ0n) is 11.8. The molecule has 1 saturated heterocycles. The summed E-state index contributed by atoms with van der Waals surface area (Å²) in [5.41, 5.74) is 0. The highest BCUT2D eigenvalue weighted by Crippen LogP contribution is 2.33. The van der Waals surface area contributed by atoms with Crippen molar-refractivity contribution in [3.8, 4) is 0 Å². The molecular weight excluding hydrogens is 210 g/mol. The lowest BCUT2D eigenvalue weighted by Crippen LogP contribution is -2.40. The van der Waals surface area contributed by atoms with Crippen LogP contribution in [0.25, 0.3) is 0 Å². The lowest BCUT2D eigenvalue weighted by Gasteiger charge is -2.24. The standard InChI is InChI=1S/C14H29N3/c1-16(2)8-9-17(3)11-13-10-12-6-4-5-7-14(12)15-13/h12-15H,4-11H2,1-3H3. The van der Waals surface area contributed by atoms with Crippen molar-refractivity contribution >= 4 is 0 Å². The van der Waals surface area contributed by atoms with E-state index in [1.165, 1.54) is 45.2 Å². The summed E-state index contributed by atoms with van der Waals surface area (Å²) in [7, 11) is 6.56. The minimum atomic E-state index is 0.746. The molecule has 0 aromatic carbocycles. The van der Waals surface area contributed by atoms with Crippen LogP contribution in [0.1, 0.15) is 32.1 Å². The van der Waals surface area contributed by atoms with E-state index in [9.17, 15) is 0 Å². The van der Waals surface area contributed by atoms with Crippen LogP contribution in [0.15, 0.2) is 0 Å². The van der Waals surface area contributed by atoms with Crippen molar-refractivity contribution in [2.45, 2.75) is 44.2 Å². The molecule has 1 heterocycles. The Bertz CT molecular complexity index is 216. The molecule has 100 valence electrons. The second-order valence-electron chi connectivity index (χ2n) is 6.32. The summed E-state index contributed by atoms with van der Waals surface area (Å²) in [6.07, 6.45) is 7.21. The average Bonchev–Trinajstić information content (AvgIpc) is 2.68. The van der Waals surface area contributed by atoms with Gasteiger partial charge in [0.2, 0.25) is 0 Å². The first-order valence-electron chi connectivity index (χ1n) is 7.24. The number of hydrogen-bond acceptors (Lipinski definition) is 3. The van der Waals surface area contributed by atoms with Crippen LogP contribution in [0.3, 0.4) is 0 Å². The van der Waals surface area contributed by atoms with Crippen molar-refractivity contribution in [1.82, 2.24) is 15.1 Å². The van der Waals surface area contributed by atoms with Crippen molar-refractivity contribution in [3.63, 3.8) is 0 Å². The maximum absolute atomic E-state index is 3.86. The molecular formula is C14H29N3. The van der Waals surface area contributed by atoms with Crippen LogP contribution < -0.4 is 5.32 Å². The summed E-state index contributed by atoms with van der Waals surface area (Å²) in [6, 6.07) is 1.59. The molecule has 0 spiro atoms. The van der Waals surface area contributed by atoms with Gasteiger partial charge in [-0.15, -0.1) is 0 Å². The van der Waals surface area contributed by atoms with Gasteiger partial charge >= 0.3 is 0 Å². The predicted molar refractivity (Wildman–Crippen MR) is 73.3 cm³/mol. The zero-order valence-corrected chi connectivity index (χ0v) is 11.8. The summed E-state index contributed by atoms with van der Waals surface area (Å²) in [5, 5.41) is 3.86. The normalized spacial score (nSPS) is 33.4. The number of hydrogen-bond donors (Lipinski definition) is 1. The Balaban J connectivity index is 1.69. The first-order valence-corrected chi connectivity index (χ1v) is 7.24. The summed E-state index contributed by atoms with van der Waals surface area (Å²) >= 11 is 0. The fourth-order valence-corrected chi connectivity index (χ4v) is 3.41. The topological polar surface area (TPSA) is 18.5 Å². The number of likely N-dealkylation sites (N-methyl/N-ethyl adjacent to an activating group) is 2. The van der Waals surface area contributed by atoms with E-state index in [-0.39, 0.29) is 0 Å². The number of nitrogens with zero attached hydrogens (tertiary/aromatic N) is 2. The molecule has 3 unspecified atom stereocenters. The fourth-order valence-electron chi connectivity index (χ4n) is 3.41. The van der Waals surface area contributed by atoms with Gasteiger partial charge in [-0.25, -0.2) is 0 Å². The Morgan fingerprint density at radius 2 is 1.82 bits per heavy atom. The molecule has 1 N–H and O–H groups in total. The van der Waals surface area contributed by atoms with E-state index in [4.69, 9.17) is 0 Å². The molecule has 0 bridgehead atoms. The minimum Gasteiger partial charge on any atom is -0.310 e. The third-order valence-electron chi connectivity index (χ3n) is 4.41. The molecule has 0 aromatic rings. The summed E-state index contributed by atoms with van der Waals surface area (Å²) in [6.45, 7) is 3.57. The molecule has 0 aromatic heterocycles. The zero-order chi connectivity index (χ0) is 12.3. The molecule has 3 nitrogen and oxygen atoms in total. The molecule has 3 heteroatoms. The van der Waals surface area contributed by atoms with Crippen LogP contribution >= 0.6 is 0 Å². The van der Waals surface area contributed by atoms with Crippen molar-refractivity contribution in [2.24, 2.45) is 5.92 Å². The van der Waals surface area contributed by atoms with Gasteiger partial charge < -0.3 is 15.1 Å². The van der Waals surface area contributed by atoms with E-state index in [0.717, 1.165) is 24.5 Å². The third-order valence-corrected chi connectivity index (χ3v) is 4.41. The summed E-state index contributed by atoms with van der Waals surface area (Å²) < 4.78 is 0. The van der Waals surface area contributed by atoms with E-state index in [1.54, 1.807) is 0 Å². The maximum atomic E-state index is 3.86. The summed E-state index contributed by atoms with van der Waals surface area (Å²) in [4.78, 5) is 4.74. The fraction of sp³-hybridized carbons (Fsp3) is 1.00. The van der Waals surface area contributed by atoms with E-state index in [0.29, 0.717) is 0 Å². The minimum absolute atomic E-state index is 0.746. The molecule has 2 fully saturated rings. The van der Waals surface area contributed by atoms with Crippen molar-refractivity contribution in [3.05, 3.63) is 0 Å². The summed E-state index contributed by atoms with van der Waals surface area (Å²) in [5.74, 6) is 0.982. The Hall–Kier alpha value is -0.120. The van der Waals surface area contributed by atoms with Gasteiger partial charge in [-0.2, -0.15) is 0 Å². The molecule has 2 rings (SSSR count). The molecule has 17 heavy (non-hydrogen) atoms. The van der Waals surface area contributed by atoms with Gasteiger partial charge in [0.05, 0.1) is 0 Å². The van der Waals surface area contributed by atoms with Crippen LogP contribution in [0, 0.1) is 5.92 Å². The Morgan fingerprint density at radius 3 is 2.53 bits per heavy atom. The van der Waals surface area contributed by atoms with Crippen LogP contribution in [-0.2, 0) is 0 Å². The van der Waals surface area contributed by atoms with Gasteiger partial charge in [0, 0.05) is 31.7 Å². The lowest BCUT2D eigenvalue weighted by molar-refractivity contribution is 0.260. The van der Waals surface area contributed by atoms with Crippen LogP contribution in [0.4, 0.5) is 0 Å². The molecule has 3 atom stereocenters. The molecule has 0 amide bonds. The van der Waals surface area contributed by atoms with Gasteiger partial charge in [-0.1, -0.05) is 12.8 Å². The highest BCUT2D eigenvalue weighted by Gasteiger charge is 2.35. The van der Waals surface area contributed by atoms with E-state index < -0.39 is 0 Å². The van der Waals surface area contributed by atoms with Gasteiger partial charge in [0.25, 0.3) is 0 Å². The number of rotatable bonds is 5. The SMILES string of the molecule is CN(C)CCN(C)CC1CC2CCCCC2N1. The van der Waals surface area contributed by atoms with Crippen molar-refractivity contribution in [2.75, 3.05) is 40.8 Å². The van der Waals surface area contributed by atoms with E-state index in [1.807, 2.05) is 0 Å². The average molecular weight is 239 g/mol. The van der Waals surface area contributed by atoms with Crippen LogP contribution in [-0.4, -0.2) is 62.7 Å². The third kappa shape index (κ3) is 3.94. The highest BCUT2D eigenvalue weighted by atomic mass is 15.2. The second-order valence-corrected chi connectivity index (χ2v) is 6.32. The molecule has 1 saturated carbocycles. The largest absolute Gasteiger partial charge is 0.310 e. The maximum Gasteiger partial charge on any atom is 0.0200 e. The molecule has 1 aliphatic heterocycles. The van der Waals surface area contributed by atoms with Gasteiger partial charge in [0.15, 0.2) is 0 Å². The number of nitrogens with one attached hydrogen (secondary N) is 1. The van der Waals surface area contributed by atoms with Gasteiger partial charge in [-0.05, 0) is 46.3 Å². The van der Waals surface area contributed by atoms with Crippen LogP contribution in [0.5, 0.6) is 0 Å². The Kier molecular flexibility index (Phi) is 4.83. The first kappa shape index (κ1) is 13.3. The number of fused-ring (bicyclic) bond motifs is 1. The smallest absolute Gasteiger partial charge is 0.0200 e. The monoisotopic (exact) mass is 239 g/mol. The molecule has 2 aliphatic rings. The lowest BCUT2D eigenvalue weighted by atomic mass is 9.85. The second kappa shape index (κ2) is 6.17. The van der Waals surface area contributed by atoms with E-state index >= 15 is 0 Å².